The Hall–Kier alpha value is -1.82. The third kappa shape index (κ3) is 1.84. The van der Waals surface area contributed by atoms with Gasteiger partial charge >= 0.3 is 0 Å². The first-order valence-electron chi connectivity index (χ1n) is 4.33. The summed E-state index contributed by atoms with van der Waals surface area (Å²) >= 11 is 1.40. The monoisotopic (exact) mass is 222 g/mol. The molecular formula is C9H10N4OS. The molecular weight excluding hydrogens is 212 g/mol. The van der Waals surface area contributed by atoms with Gasteiger partial charge in [0.25, 0.3) is 5.91 Å². The molecule has 78 valence electrons. The predicted molar refractivity (Wildman–Crippen MR) is 60.0 cm³/mol. The molecule has 0 bridgehead atoms. The van der Waals surface area contributed by atoms with Crippen molar-refractivity contribution in [2.45, 2.75) is 6.92 Å². The van der Waals surface area contributed by atoms with Crippen molar-refractivity contribution < 1.29 is 4.79 Å². The number of anilines is 2. The van der Waals surface area contributed by atoms with Gasteiger partial charge in [-0.15, -0.1) is 11.3 Å². The van der Waals surface area contributed by atoms with Gasteiger partial charge in [0.15, 0.2) is 5.82 Å². The Kier molecular flexibility index (Phi) is 2.42. The lowest BCUT2D eigenvalue weighted by Gasteiger charge is -2.02. The fourth-order valence-corrected chi connectivity index (χ4v) is 1.99. The molecule has 0 unspecified atom stereocenters. The van der Waals surface area contributed by atoms with Crippen LogP contribution in [0.1, 0.15) is 15.2 Å². The summed E-state index contributed by atoms with van der Waals surface area (Å²) in [6.45, 7) is 1.89. The lowest BCUT2D eigenvalue weighted by molar-refractivity contribution is 0.102. The van der Waals surface area contributed by atoms with Gasteiger partial charge in [0.2, 0.25) is 0 Å². The summed E-state index contributed by atoms with van der Waals surface area (Å²) in [5.74, 6) is 0.270. The predicted octanol–water partition coefficient (Wildman–Crippen LogP) is 1.61. The Morgan fingerprint density at radius 3 is 3.00 bits per heavy atom. The first kappa shape index (κ1) is 9.72. The number of thiophene rings is 1. The van der Waals surface area contributed by atoms with Gasteiger partial charge < -0.3 is 11.1 Å². The van der Waals surface area contributed by atoms with Gasteiger partial charge in [-0.3, -0.25) is 9.89 Å². The van der Waals surface area contributed by atoms with E-state index in [9.17, 15) is 4.79 Å². The summed E-state index contributed by atoms with van der Waals surface area (Å²) in [6, 6.07) is 1.90. The molecule has 6 heteroatoms. The second-order valence-electron chi connectivity index (χ2n) is 3.09. The molecule has 0 saturated carbocycles. The Morgan fingerprint density at radius 1 is 1.67 bits per heavy atom. The van der Waals surface area contributed by atoms with E-state index in [1.165, 1.54) is 17.5 Å². The quantitative estimate of drug-likeness (QED) is 0.721. The number of nitrogens with one attached hydrogen (secondary N) is 2. The Labute approximate surface area is 90.3 Å². The zero-order valence-corrected chi connectivity index (χ0v) is 8.89. The second kappa shape index (κ2) is 3.74. The molecule has 0 aromatic carbocycles. The zero-order chi connectivity index (χ0) is 10.8. The highest BCUT2D eigenvalue weighted by atomic mass is 32.1. The van der Waals surface area contributed by atoms with Gasteiger partial charge in [0.05, 0.1) is 16.8 Å². The number of rotatable bonds is 2. The second-order valence-corrected chi connectivity index (χ2v) is 4.00. The van der Waals surface area contributed by atoms with Crippen molar-refractivity contribution in [2.24, 2.45) is 0 Å². The van der Waals surface area contributed by atoms with Crippen molar-refractivity contribution in [3.8, 4) is 0 Å². The van der Waals surface area contributed by atoms with Crippen LogP contribution in [0.5, 0.6) is 0 Å². The minimum Gasteiger partial charge on any atom is -0.394 e. The van der Waals surface area contributed by atoms with Gasteiger partial charge in [-0.1, -0.05) is 0 Å². The first-order chi connectivity index (χ1) is 7.18. The average molecular weight is 222 g/mol. The minimum absolute atomic E-state index is 0.168. The molecule has 2 aromatic rings. The number of amides is 1. The maximum Gasteiger partial charge on any atom is 0.267 e. The van der Waals surface area contributed by atoms with Crippen molar-refractivity contribution in [1.29, 1.82) is 0 Å². The maximum absolute atomic E-state index is 11.7. The molecule has 0 aliphatic rings. The minimum atomic E-state index is -0.168. The smallest absolute Gasteiger partial charge is 0.267 e. The van der Waals surface area contributed by atoms with E-state index in [0.29, 0.717) is 16.4 Å². The van der Waals surface area contributed by atoms with Crippen molar-refractivity contribution >= 4 is 28.7 Å². The van der Waals surface area contributed by atoms with Crippen LogP contribution in [0, 0.1) is 6.92 Å². The number of aromatic amines is 1. The van der Waals surface area contributed by atoms with Crippen LogP contribution in [0.2, 0.25) is 0 Å². The third-order valence-corrected chi connectivity index (χ3v) is 2.99. The number of aryl methyl sites for hydroxylation is 1. The fraction of sp³-hybridized carbons (Fsp3) is 0.111. The number of nitrogens with zero attached hydrogens (tertiary/aromatic N) is 1. The highest BCUT2D eigenvalue weighted by Gasteiger charge is 2.12. The van der Waals surface area contributed by atoms with Crippen LogP contribution in [-0.4, -0.2) is 16.1 Å². The van der Waals surface area contributed by atoms with Crippen LogP contribution < -0.4 is 11.1 Å². The number of H-pyrrole nitrogens is 1. The normalized spacial score (nSPS) is 10.2. The van der Waals surface area contributed by atoms with E-state index in [1.54, 1.807) is 0 Å². The van der Waals surface area contributed by atoms with Crippen molar-refractivity contribution in [1.82, 2.24) is 10.2 Å². The molecule has 0 spiro atoms. The molecule has 0 saturated heterocycles. The summed E-state index contributed by atoms with van der Waals surface area (Å²) in [6.07, 6.45) is 1.46. The topological polar surface area (TPSA) is 83.8 Å². The van der Waals surface area contributed by atoms with Crippen molar-refractivity contribution in [3.05, 3.63) is 28.1 Å². The molecule has 4 N–H and O–H groups in total. The number of hydrogen-bond acceptors (Lipinski definition) is 4. The highest BCUT2D eigenvalue weighted by molar-refractivity contribution is 7.12. The summed E-state index contributed by atoms with van der Waals surface area (Å²) in [4.78, 5) is 12.4. The standard InChI is InChI=1S/C9H10N4OS/c1-5-2-3-15-7(5)9(14)12-8-6(10)4-11-13-8/h2-4H,10H2,1H3,(H2,11,12,13,14). The molecule has 0 atom stereocenters. The van der Waals surface area contributed by atoms with Crippen molar-refractivity contribution in [2.75, 3.05) is 11.1 Å². The molecule has 1 amide bonds. The van der Waals surface area contributed by atoms with Crippen LogP contribution in [0.3, 0.4) is 0 Å². The SMILES string of the molecule is Cc1ccsc1C(=O)Nc1[nH]ncc1N. The summed E-state index contributed by atoms with van der Waals surface area (Å²) in [7, 11) is 0. The van der Waals surface area contributed by atoms with Gasteiger partial charge in [-0.2, -0.15) is 5.10 Å². The Morgan fingerprint density at radius 2 is 2.47 bits per heavy atom. The van der Waals surface area contributed by atoms with Gasteiger partial charge in [-0.25, -0.2) is 0 Å². The van der Waals surface area contributed by atoms with Crippen LogP contribution in [0.4, 0.5) is 11.5 Å². The number of nitrogens with two attached hydrogens (primary N) is 1. The molecule has 2 rings (SSSR count). The van der Waals surface area contributed by atoms with E-state index in [1.807, 2.05) is 18.4 Å². The van der Waals surface area contributed by atoms with Crippen LogP contribution in [0.15, 0.2) is 17.6 Å². The Bertz CT molecular complexity index is 488. The van der Waals surface area contributed by atoms with Crippen molar-refractivity contribution in [3.63, 3.8) is 0 Å². The van der Waals surface area contributed by atoms with Crippen LogP contribution in [0.25, 0.3) is 0 Å². The fourth-order valence-electron chi connectivity index (χ4n) is 1.17. The van der Waals surface area contributed by atoms with E-state index in [0.717, 1.165) is 5.56 Å². The molecule has 2 heterocycles. The lowest BCUT2D eigenvalue weighted by atomic mass is 10.3. The van der Waals surface area contributed by atoms with E-state index in [2.05, 4.69) is 15.5 Å². The van der Waals surface area contributed by atoms with E-state index >= 15 is 0 Å². The third-order valence-electron chi connectivity index (χ3n) is 1.98. The van der Waals surface area contributed by atoms with Crippen LogP contribution >= 0.6 is 11.3 Å². The number of nitrogen functional groups attached to an aromatic ring is 1. The van der Waals surface area contributed by atoms with Gasteiger partial charge in [0.1, 0.15) is 0 Å². The number of aromatic nitrogens is 2. The van der Waals surface area contributed by atoms with Crippen LogP contribution in [-0.2, 0) is 0 Å². The molecule has 0 fully saturated rings. The summed E-state index contributed by atoms with van der Waals surface area (Å²) in [5.41, 5.74) is 6.96. The zero-order valence-electron chi connectivity index (χ0n) is 8.07. The van der Waals surface area contributed by atoms with Gasteiger partial charge in [0, 0.05) is 0 Å². The molecule has 0 aliphatic carbocycles. The molecule has 0 aliphatic heterocycles. The summed E-state index contributed by atoms with van der Waals surface area (Å²) < 4.78 is 0. The van der Waals surface area contributed by atoms with E-state index < -0.39 is 0 Å². The lowest BCUT2D eigenvalue weighted by Crippen LogP contribution is -2.12. The molecule has 2 aromatic heterocycles. The summed E-state index contributed by atoms with van der Waals surface area (Å²) in [5, 5.41) is 10.9. The van der Waals surface area contributed by atoms with E-state index in [4.69, 9.17) is 5.73 Å². The number of hydrogen-bond donors (Lipinski definition) is 3. The number of carbonyl (C=O) groups excluding carboxylic acids is 1. The maximum atomic E-state index is 11.7. The van der Waals surface area contributed by atoms with Gasteiger partial charge in [-0.05, 0) is 23.9 Å². The highest BCUT2D eigenvalue weighted by Crippen LogP contribution is 2.19. The molecule has 5 nitrogen and oxygen atoms in total. The number of carbonyl (C=O) groups is 1. The largest absolute Gasteiger partial charge is 0.394 e. The average Bonchev–Trinajstić information content (AvgIpc) is 2.76. The van der Waals surface area contributed by atoms with E-state index in [-0.39, 0.29) is 5.91 Å². The first-order valence-corrected chi connectivity index (χ1v) is 5.20. The Balaban J connectivity index is 2.18. The molecule has 15 heavy (non-hydrogen) atoms. The molecule has 0 radical (unpaired) electrons.